The van der Waals surface area contributed by atoms with E-state index in [0.29, 0.717) is 5.56 Å². The van der Waals surface area contributed by atoms with Gasteiger partial charge in [-0.2, -0.15) is 0 Å². The van der Waals surface area contributed by atoms with Crippen molar-refractivity contribution < 1.29 is 14.7 Å². The molecule has 9 heteroatoms. The smallest absolute Gasteiger partial charge is 0.337 e. The lowest BCUT2D eigenvalue weighted by atomic mass is 10.2. The van der Waals surface area contributed by atoms with Gasteiger partial charge in [-0.25, -0.2) is 4.79 Å². The van der Waals surface area contributed by atoms with Crippen LogP contribution in [0.4, 0.5) is 5.69 Å². The van der Waals surface area contributed by atoms with Crippen LogP contribution in [0.3, 0.4) is 0 Å². The zero-order chi connectivity index (χ0) is 17.9. The van der Waals surface area contributed by atoms with Gasteiger partial charge in [0.25, 0.3) is 5.91 Å². The van der Waals surface area contributed by atoms with Crippen molar-refractivity contribution in [3.63, 3.8) is 0 Å². The lowest BCUT2D eigenvalue weighted by Gasteiger charge is -2.14. The first-order chi connectivity index (χ1) is 11.3. The van der Waals surface area contributed by atoms with E-state index in [1.54, 1.807) is 18.2 Å². The molecule has 0 spiro atoms. The van der Waals surface area contributed by atoms with E-state index in [1.165, 1.54) is 12.1 Å². The Bertz CT molecular complexity index is 845. The molecule has 0 saturated heterocycles. The van der Waals surface area contributed by atoms with Crippen LogP contribution in [0, 0.1) is 3.57 Å². The molecule has 0 aliphatic rings. The number of hydrogen-bond donors (Lipinski definition) is 3. The van der Waals surface area contributed by atoms with E-state index in [0.717, 1.165) is 3.57 Å². The quantitative estimate of drug-likeness (QED) is 0.434. The fraction of sp³-hybridized carbons (Fsp3) is 0. The number of anilines is 1. The molecule has 0 unspecified atom stereocenters. The molecule has 0 atom stereocenters. The third-order valence-corrected chi connectivity index (χ3v) is 4.53. The summed E-state index contributed by atoms with van der Waals surface area (Å²) in [6.07, 6.45) is 0. The van der Waals surface area contributed by atoms with E-state index in [1.807, 2.05) is 28.7 Å². The van der Waals surface area contributed by atoms with Crippen molar-refractivity contribution in [2.24, 2.45) is 0 Å². The van der Waals surface area contributed by atoms with Crippen LogP contribution >= 0.6 is 58.0 Å². The fourth-order valence-corrected chi connectivity index (χ4v) is 3.20. The van der Waals surface area contributed by atoms with E-state index < -0.39 is 11.9 Å². The number of nitrogens with one attached hydrogen (secondary N) is 2. The minimum absolute atomic E-state index is 0.0571. The van der Waals surface area contributed by atoms with Crippen molar-refractivity contribution in [2.75, 3.05) is 5.32 Å². The average molecular weight is 495 g/mol. The van der Waals surface area contributed by atoms with E-state index in [9.17, 15) is 14.7 Å². The van der Waals surface area contributed by atoms with Crippen LogP contribution < -0.4 is 10.6 Å². The van der Waals surface area contributed by atoms with Crippen molar-refractivity contribution in [3.8, 4) is 0 Å². The first-order valence-electron chi connectivity index (χ1n) is 6.38. The molecule has 2 rings (SSSR count). The maximum Gasteiger partial charge on any atom is 0.337 e. The standard InChI is InChI=1S/C15H9Cl2IN2O3S/c16-7-5-9(14(22)23)12(10(17)6-7)19-15(24)20-13(21)8-3-1-2-4-11(8)18/h1-6H,(H,22,23)(H2,19,20,21,24). The Hall–Kier alpha value is -1.42. The van der Waals surface area contributed by atoms with Gasteiger partial charge in [-0.05, 0) is 59.1 Å². The van der Waals surface area contributed by atoms with Crippen molar-refractivity contribution >= 4 is 80.7 Å². The number of hydrogen-bond acceptors (Lipinski definition) is 3. The Kier molecular flexibility index (Phi) is 6.39. The summed E-state index contributed by atoms with van der Waals surface area (Å²) in [7, 11) is 0. The number of amides is 1. The molecule has 0 fully saturated rings. The van der Waals surface area contributed by atoms with Crippen LogP contribution in [0.15, 0.2) is 36.4 Å². The lowest BCUT2D eigenvalue weighted by Crippen LogP contribution is -2.35. The Morgan fingerprint density at radius 3 is 2.42 bits per heavy atom. The second kappa shape index (κ2) is 8.11. The summed E-state index contributed by atoms with van der Waals surface area (Å²) in [5.74, 6) is -1.65. The van der Waals surface area contributed by atoms with E-state index in [2.05, 4.69) is 10.6 Å². The Morgan fingerprint density at radius 1 is 1.12 bits per heavy atom. The summed E-state index contributed by atoms with van der Waals surface area (Å²) >= 11 is 18.9. The number of rotatable bonds is 3. The molecule has 0 saturated carbocycles. The van der Waals surface area contributed by atoms with Crippen molar-refractivity contribution in [3.05, 3.63) is 61.1 Å². The normalized spacial score (nSPS) is 10.1. The first-order valence-corrected chi connectivity index (χ1v) is 8.63. The van der Waals surface area contributed by atoms with Gasteiger partial charge in [0.05, 0.1) is 21.8 Å². The fourth-order valence-electron chi connectivity index (χ4n) is 1.83. The molecule has 24 heavy (non-hydrogen) atoms. The molecule has 124 valence electrons. The predicted molar refractivity (Wildman–Crippen MR) is 106 cm³/mol. The van der Waals surface area contributed by atoms with E-state index >= 15 is 0 Å². The highest BCUT2D eigenvalue weighted by atomic mass is 127. The lowest BCUT2D eigenvalue weighted by molar-refractivity contribution is 0.0698. The largest absolute Gasteiger partial charge is 0.478 e. The number of carboxylic acid groups (broad SMARTS) is 1. The summed E-state index contributed by atoms with van der Waals surface area (Å²) in [6, 6.07) is 9.58. The summed E-state index contributed by atoms with van der Waals surface area (Å²) in [5, 5.41) is 14.5. The van der Waals surface area contributed by atoms with Gasteiger partial charge in [0.1, 0.15) is 0 Å². The zero-order valence-electron chi connectivity index (χ0n) is 11.8. The van der Waals surface area contributed by atoms with Crippen LogP contribution in [-0.2, 0) is 0 Å². The maximum absolute atomic E-state index is 12.2. The molecule has 3 N–H and O–H groups in total. The summed E-state index contributed by atoms with van der Waals surface area (Å²) in [6.45, 7) is 0. The topological polar surface area (TPSA) is 78.4 Å². The second-order valence-corrected chi connectivity index (χ2v) is 6.92. The maximum atomic E-state index is 12.2. The minimum atomic E-state index is -1.23. The van der Waals surface area contributed by atoms with E-state index in [-0.39, 0.29) is 26.4 Å². The van der Waals surface area contributed by atoms with Crippen LogP contribution in [0.25, 0.3) is 0 Å². The van der Waals surface area contributed by atoms with Gasteiger partial charge in [-0.3, -0.25) is 10.1 Å². The molecule has 0 aliphatic carbocycles. The number of halogens is 3. The Morgan fingerprint density at radius 2 is 1.79 bits per heavy atom. The molecule has 0 bridgehead atoms. The number of carbonyl (C=O) groups is 2. The highest BCUT2D eigenvalue weighted by Gasteiger charge is 2.17. The molecule has 5 nitrogen and oxygen atoms in total. The molecular formula is C15H9Cl2IN2O3S. The third kappa shape index (κ3) is 4.56. The Balaban J connectivity index is 2.20. The Labute approximate surface area is 166 Å². The predicted octanol–water partition coefficient (Wildman–Crippen LogP) is 4.42. The molecule has 0 radical (unpaired) electrons. The van der Waals surface area contributed by atoms with Crippen molar-refractivity contribution in [2.45, 2.75) is 0 Å². The third-order valence-electron chi connectivity index (χ3n) is 2.87. The summed E-state index contributed by atoms with van der Waals surface area (Å²) in [5.41, 5.74) is 0.350. The molecule has 2 aromatic carbocycles. The molecule has 0 heterocycles. The average Bonchev–Trinajstić information content (AvgIpc) is 2.49. The van der Waals surface area contributed by atoms with Gasteiger partial charge < -0.3 is 10.4 Å². The number of carbonyl (C=O) groups excluding carboxylic acids is 1. The summed E-state index contributed by atoms with van der Waals surface area (Å²) < 4.78 is 0.756. The highest BCUT2D eigenvalue weighted by molar-refractivity contribution is 14.1. The van der Waals surface area contributed by atoms with Gasteiger partial charge in [0.2, 0.25) is 0 Å². The number of benzene rings is 2. The molecule has 0 aromatic heterocycles. The van der Waals surface area contributed by atoms with Gasteiger partial charge in [0, 0.05) is 8.59 Å². The monoisotopic (exact) mass is 494 g/mol. The molecule has 0 aliphatic heterocycles. The van der Waals surface area contributed by atoms with Crippen LogP contribution in [0.5, 0.6) is 0 Å². The first kappa shape index (κ1) is 18.9. The number of thiocarbonyl (C=S) groups is 1. The van der Waals surface area contributed by atoms with Gasteiger partial charge in [0.15, 0.2) is 5.11 Å². The highest BCUT2D eigenvalue weighted by Crippen LogP contribution is 2.30. The minimum Gasteiger partial charge on any atom is -0.478 e. The molecular weight excluding hydrogens is 486 g/mol. The van der Waals surface area contributed by atoms with Crippen molar-refractivity contribution in [1.29, 1.82) is 0 Å². The van der Waals surface area contributed by atoms with Gasteiger partial charge in [-0.1, -0.05) is 35.3 Å². The van der Waals surface area contributed by atoms with Crippen LogP contribution in [0.1, 0.15) is 20.7 Å². The second-order valence-electron chi connectivity index (χ2n) is 4.50. The SMILES string of the molecule is O=C(NC(=S)Nc1c(Cl)cc(Cl)cc1C(=O)O)c1ccccc1I. The number of aromatic carboxylic acids is 1. The molecule has 2 aromatic rings. The van der Waals surface area contributed by atoms with Crippen LogP contribution in [0.2, 0.25) is 10.0 Å². The van der Waals surface area contributed by atoms with Gasteiger partial charge >= 0.3 is 5.97 Å². The van der Waals surface area contributed by atoms with Crippen molar-refractivity contribution in [1.82, 2.24) is 5.32 Å². The van der Waals surface area contributed by atoms with Crippen LogP contribution in [-0.4, -0.2) is 22.1 Å². The molecule has 1 amide bonds. The van der Waals surface area contributed by atoms with Gasteiger partial charge in [-0.15, -0.1) is 0 Å². The van der Waals surface area contributed by atoms with E-state index in [4.69, 9.17) is 35.4 Å². The summed E-state index contributed by atoms with van der Waals surface area (Å²) in [4.78, 5) is 23.5. The number of carboxylic acids is 1. The zero-order valence-corrected chi connectivity index (χ0v) is 16.3.